The number of hydrogen-bond donors (Lipinski definition) is 0. The molecule has 5 nitrogen and oxygen atoms in total. The Bertz CT molecular complexity index is 1190. The van der Waals surface area contributed by atoms with E-state index >= 15 is 0 Å². The molecule has 4 aromatic rings. The van der Waals surface area contributed by atoms with Crippen LogP contribution in [0.2, 0.25) is 0 Å². The van der Waals surface area contributed by atoms with Gasteiger partial charge < -0.3 is 4.74 Å². The van der Waals surface area contributed by atoms with E-state index in [1.54, 1.807) is 35.4 Å². The molecular formula is C20H17N3O2S. The molecule has 0 saturated carbocycles. The van der Waals surface area contributed by atoms with Crippen molar-refractivity contribution in [1.82, 2.24) is 14.4 Å². The van der Waals surface area contributed by atoms with Crippen molar-refractivity contribution in [2.45, 2.75) is 25.7 Å². The monoisotopic (exact) mass is 363 g/mol. The minimum atomic E-state index is -0.0964. The fourth-order valence-electron chi connectivity index (χ4n) is 3.67. The number of fused-ring (bicyclic) bond motifs is 5. The van der Waals surface area contributed by atoms with Crippen LogP contribution in [0.3, 0.4) is 0 Å². The van der Waals surface area contributed by atoms with Gasteiger partial charge in [-0.15, -0.1) is 11.3 Å². The van der Waals surface area contributed by atoms with Gasteiger partial charge >= 0.3 is 0 Å². The molecule has 0 saturated heterocycles. The summed E-state index contributed by atoms with van der Waals surface area (Å²) in [7, 11) is 1.62. The van der Waals surface area contributed by atoms with Crippen molar-refractivity contribution < 1.29 is 4.74 Å². The Labute approximate surface area is 153 Å². The maximum absolute atomic E-state index is 13.0. The number of thiophene rings is 1. The average molecular weight is 363 g/mol. The summed E-state index contributed by atoms with van der Waals surface area (Å²) in [4.78, 5) is 23.7. The lowest BCUT2D eigenvalue weighted by Gasteiger charge is -2.09. The zero-order chi connectivity index (χ0) is 17.7. The number of nitrogens with zero attached hydrogens (tertiary/aromatic N) is 3. The topological polar surface area (TPSA) is 56.5 Å². The van der Waals surface area contributed by atoms with Gasteiger partial charge in [0.15, 0.2) is 5.65 Å². The summed E-state index contributed by atoms with van der Waals surface area (Å²) in [5.74, 6) is 0.759. The SMILES string of the molecule is COc1ccc(-c2cnc3c4sc5c(c4ncn3c2=O)CCCC5)cc1. The Morgan fingerprint density at radius 2 is 1.92 bits per heavy atom. The molecule has 5 rings (SSSR count). The van der Waals surface area contributed by atoms with Crippen LogP contribution in [0.25, 0.3) is 27.0 Å². The number of methoxy groups -OCH3 is 1. The van der Waals surface area contributed by atoms with Gasteiger partial charge in [-0.05, 0) is 48.9 Å². The fraction of sp³-hybridized carbons (Fsp3) is 0.250. The first-order valence-corrected chi connectivity index (χ1v) is 9.53. The molecule has 0 unspecified atom stereocenters. The summed E-state index contributed by atoms with van der Waals surface area (Å²) < 4.78 is 7.78. The molecule has 0 atom stereocenters. The Hall–Kier alpha value is -2.73. The number of aryl methyl sites for hydroxylation is 2. The Kier molecular flexibility index (Phi) is 3.53. The van der Waals surface area contributed by atoms with E-state index in [1.807, 2.05) is 24.3 Å². The zero-order valence-electron chi connectivity index (χ0n) is 14.4. The van der Waals surface area contributed by atoms with E-state index in [-0.39, 0.29) is 5.56 Å². The molecular weight excluding hydrogens is 346 g/mol. The second-order valence-electron chi connectivity index (χ2n) is 6.53. The van der Waals surface area contributed by atoms with E-state index in [9.17, 15) is 4.79 Å². The number of hydrogen-bond acceptors (Lipinski definition) is 5. The van der Waals surface area contributed by atoms with E-state index in [4.69, 9.17) is 4.74 Å². The molecule has 0 aliphatic heterocycles. The van der Waals surface area contributed by atoms with Crippen LogP contribution < -0.4 is 10.3 Å². The molecule has 0 spiro atoms. The second-order valence-corrected chi connectivity index (χ2v) is 7.64. The molecule has 1 aliphatic rings. The van der Waals surface area contributed by atoms with Crippen molar-refractivity contribution in [2.75, 3.05) is 7.11 Å². The third-order valence-electron chi connectivity index (χ3n) is 5.04. The van der Waals surface area contributed by atoms with E-state index in [2.05, 4.69) is 9.97 Å². The minimum Gasteiger partial charge on any atom is -0.497 e. The van der Waals surface area contributed by atoms with E-state index in [0.717, 1.165) is 34.4 Å². The number of ether oxygens (including phenoxy) is 1. The smallest absolute Gasteiger partial charge is 0.266 e. The van der Waals surface area contributed by atoms with Crippen LogP contribution >= 0.6 is 11.3 Å². The van der Waals surface area contributed by atoms with Gasteiger partial charge in [-0.3, -0.25) is 4.79 Å². The van der Waals surface area contributed by atoms with Gasteiger partial charge in [0, 0.05) is 11.1 Å². The highest BCUT2D eigenvalue weighted by Crippen LogP contribution is 2.36. The van der Waals surface area contributed by atoms with Gasteiger partial charge in [-0.1, -0.05) is 12.1 Å². The molecule has 1 aliphatic carbocycles. The highest BCUT2D eigenvalue weighted by Gasteiger charge is 2.20. The molecule has 3 aromatic heterocycles. The Morgan fingerprint density at radius 3 is 2.73 bits per heavy atom. The summed E-state index contributed by atoms with van der Waals surface area (Å²) in [6.45, 7) is 0. The molecule has 0 amide bonds. The molecule has 0 N–H and O–H groups in total. The lowest BCUT2D eigenvalue weighted by Crippen LogP contribution is -2.17. The largest absolute Gasteiger partial charge is 0.497 e. The van der Waals surface area contributed by atoms with Crippen molar-refractivity contribution in [2.24, 2.45) is 0 Å². The van der Waals surface area contributed by atoms with Crippen molar-refractivity contribution in [3.63, 3.8) is 0 Å². The van der Waals surface area contributed by atoms with Crippen LogP contribution in [-0.2, 0) is 12.8 Å². The molecule has 6 heteroatoms. The van der Waals surface area contributed by atoms with Crippen molar-refractivity contribution in [1.29, 1.82) is 0 Å². The summed E-state index contributed by atoms with van der Waals surface area (Å²) >= 11 is 1.74. The summed E-state index contributed by atoms with van der Waals surface area (Å²) in [6, 6.07) is 7.44. The lowest BCUT2D eigenvalue weighted by molar-refractivity contribution is 0.415. The highest BCUT2D eigenvalue weighted by atomic mass is 32.1. The van der Waals surface area contributed by atoms with Crippen LogP contribution in [0.4, 0.5) is 0 Å². The quantitative estimate of drug-likeness (QED) is 0.543. The predicted molar refractivity (Wildman–Crippen MR) is 103 cm³/mol. The van der Waals surface area contributed by atoms with Crippen LogP contribution in [0.1, 0.15) is 23.3 Å². The maximum atomic E-state index is 13.0. The lowest BCUT2D eigenvalue weighted by atomic mass is 9.98. The van der Waals surface area contributed by atoms with Gasteiger partial charge in [-0.2, -0.15) is 0 Å². The average Bonchev–Trinajstić information content (AvgIpc) is 3.07. The van der Waals surface area contributed by atoms with Crippen LogP contribution in [-0.4, -0.2) is 21.5 Å². The maximum Gasteiger partial charge on any atom is 0.266 e. The Balaban J connectivity index is 1.73. The van der Waals surface area contributed by atoms with Crippen LogP contribution in [0.5, 0.6) is 5.75 Å². The minimum absolute atomic E-state index is 0.0964. The normalized spacial score (nSPS) is 13.9. The number of aromatic nitrogens is 3. The summed E-state index contributed by atoms with van der Waals surface area (Å²) in [5.41, 5.74) is 4.37. The van der Waals surface area contributed by atoms with Gasteiger partial charge in [-0.25, -0.2) is 14.4 Å². The third-order valence-corrected chi connectivity index (χ3v) is 6.32. The third kappa shape index (κ3) is 2.25. The first-order valence-electron chi connectivity index (χ1n) is 8.71. The molecule has 0 radical (unpaired) electrons. The zero-order valence-corrected chi connectivity index (χ0v) is 15.2. The first-order chi connectivity index (χ1) is 12.8. The van der Waals surface area contributed by atoms with E-state index in [1.165, 1.54) is 23.3 Å². The standard InChI is InChI=1S/C20H17N3O2S/c1-25-13-8-6-12(7-9-13)15-10-21-19-18-17(22-11-23(19)20(15)24)14-4-2-3-5-16(14)26-18/h6-11H,2-5H2,1H3. The number of rotatable bonds is 2. The molecule has 1 aromatic carbocycles. The fourth-order valence-corrected chi connectivity index (χ4v) is 5.00. The van der Waals surface area contributed by atoms with E-state index in [0.29, 0.717) is 11.2 Å². The highest BCUT2D eigenvalue weighted by molar-refractivity contribution is 7.20. The molecule has 26 heavy (non-hydrogen) atoms. The van der Waals surface area contributed by atoms with Gasteiger partial charge in [0.1, 0.15) is 12.1 Å². The molecule has 130 valence electrons. The van der Waals surface area contributed by atoms with Gasteiger partial charge in [0.2, 0.25) is 0 Å². The number of benzene rings is 1. The van der Waals surface area contributed by atoms with Gasteiger partial charge in [0.05, 0.1) is 22.9 Å². The van der Waals surface area contributed by atoms with Crippen molar-refractivity contribution in [3.05, 3.63) is 57.6 Å². The molecule has 3 heterocycles. The Morgan fingerprint density at radius 1 is 1.12 bits per heavy atom. The van der Waals surface area contributed by atoms with E-state index < -0.39 is 0 Å². The molecule has 0 bridgehead atoms. The molecule has 0 fully saturated rings. The van der Waals surface area contributed by atoms with Crippen LogP contribution in [0, 0.1) is 0 Å². The summed E-state index contributed by atoms with van der Waals surface area (Å²) in [5, 5.41) is 0. The van der Waals surface area contributed by atoms with Gasteiger partial charge in [0.25, 0.3) is 5.56 Å². The first kappa shape index (κ1) is 15.5. The van der Waals surface area contributed by atoms with Crippen LogP contribution in [0.15, 0.2) is 41.6 Å². The summed E-state index contributed by atoms with van der Waals surface area (Å²) in [6.07, 6.45) is 7.93. The predicted octanol–water partition coefficient (Wildman–Crippen LogP) is 3.86. The van der Waals surface area contributed by atoms with Crippen molar-refractivity contribution >= 4 is 27.2 Å². The van der Waals surface area contributed by atoms with Crippen molar-refractivity contribution in [3.8, 4) is 16.9 Å². The second kappa shape index (κ2) is 5.92.